The van der Waals surface area contributed by atoms with E-state index < -0.39 is 0 Å². The van der Waals surface area contributed by atoms with E-state index in [-0.39, 0.29) is 12.5 Å². The van der Waals surface area contributed by atoms with E-state index >= 15 is 0 Å². The van der Waals surface area contributed by atoms with Gasteiger partial charge in [0.1, 0.15) is 6.54 Å². The number of nitriles is 1. The highest BCUT2D eigenvalue weighted by Crippen LogP contribution is 2.34. The molecule has 0 saturated carbocycles. The van der Waals surface area contributed by atoms with Gasteiger partial charge in [0.05, 0.1) is 12.6 Å². The van der Waals surface area contributed by atoms with Gasteiger partial charge in [0.25, 0.3) is 0 Å². The zero-order valence-electron chi connectivity index (χ0n) is 11.8. The lowest BCUT2D eigenvalue weighted by Gasteiger charge is -2.29. The first kappa shape index (κ1) is 15.0. The molecule has 1 aliphatic rings. The normalized spacial score (nSPS) is 22.0. The molecular weight excluding hydrogens is 226 g/mol. The predicted octanol–water partition coefficient (Wildman–Crippen LogP) is 1.77. The van der Waals surface area contributed by atoms with Crippen molar-refractivity contribution in [3.05, 3.63) is 0 Å². The Balaban J connectivity index is 2.38. The van der Waals surface area contributed by atoms with Crippen LogP contribution in [0.2, 0.25) is 0 Å². The molecule has 0 spiro atoms. The Hall–Kier alpha value is -1.08. The van der Waals surface area contributed by atoms with E-state index in [1.165, 1.54) is 6.42 Å². The summed E-state index contributed by atoms with van der Waals surface area (Å²) in [5.74, 6) is 0.704. The predicted molar refractivity (Wildman–Crippen MR) is 71.9 cm³/mol. The van der Waals surface area contributed by atoms with Gasteiger partial charge in [-0.2, -0.15) is 5.26 Å². The summed E-state index contributed by atoms with van der Waals surface area (Å²) in [6.07, 6.45) is 3.57. The molecule has 1 aliphatic heterocycles. The Kier molecular flexibility index (Phi) is 5.61. The number of rotatable bonds is 3. The molecule has 0 aliphatic carbocycles. The third-order valence-corrected chi connectivity index (χ3v) is 3.78. The standard InChI is InChI=1S/C14H25N3O/c1-14(2,3)12-5-4-9-17(10-6-12)11-13(18)16-8-7-15/h12H,4-6,8-11H2,1-3H3,(H,16,18)/t12-/m1/s1. The smallest absolute Gasteiger partial charge is 0.235 e. The lowest BCUT2D eigenvalue weighted by Crippen LogP contribution is -2.38. The fourth-order valence-electron chi connectivity index (χ4n) is 2.58. The molecule has 1 atom stereocenters. The summed E-state index contributed by atoms with van der Waals surface area (Å²) in [5, 5.41) is 11.0. The van der Waals surface area contributed by atoms with Crippen molar-refractivity contribution in [3.8, 4) is 6.07 Å². The molecule has 0 radical (unpaired) electrons. The fourth-order valence-corrected chi connectivity index (χ4v) is 2.58. The van der Waals surface area contributed by atoms with Crippen molar-refractivity contribution in [1.82, 2.24) is 10.2 Å². The Morgan fingerprint density at radius 1 is 1.39 bits per heavy atom. The molecule has 0 aromatic carbocycles. The highest BCUT2D eigenvalue weighted by atomic mass is 16.2. The van der Waals surface area contributed by atoms with Gasteiger partial charge in [-0.25, -0.2) is 0 Å². The van der Waals surface area contributed by atoms with Gasteiger partial charge in [0, 0.05) is 0 Å². The SMILES string of the molecule is CC(C)(C)[C@@H]1CCCN(CC(=O)NCC#N)CC1. The molecule has 1 heterocycles. The molecule has 102 valence electrons. The second-order valence-electron chi connectivity index (χ2n) is 6.20. The van der Waals surface area contributed by atoms with E-state index in [4.69, 9.17) is 5.26 Å². The minimum atomic E-state index is -0.0363. The molecular formula is C14H25N3O. The van der Waals surface area contributed by atoms with E-state index in [2.05, 4.69) is 31.0 Å². The van der Waals surface area contributed by atoms with Crippen LogP contribution in [0.15, 0.2) is 0 Å². The Labute approximate surface area is 110 Å². The number of likely N-dealkylation sites (tertiary alicyclic amines) is 1. The monoisotopic (exact) mass is 251 g/mol. The van der Waals surface area contributed by atoms with Crippen molar-refractivity contribution < 1.29 is 4.79 Å². The fraction of sp³-hybridized carbons (Fsp3) is 0.857. The van der Waals surface area contributed by atoms with Crippen LogP contribution in [0.25, 0.3) is 0 Å². The molecule has 1 saturated heterocycles. The largest absolute Gasteiger partial charge is 0.342 e. The van der Waals surface area contributed by atoms with Crippen molar-refractivity contribution >= 4 is 5.91 Å². The number of nitrogens with one attached hydrogen (secondary N) is 1. The first-order chi connectivity index (χ1) is 8.43. The number of amides is 1. The van der Waals surface area contributed by atoms with Gasteiger partial charge >= 0.3 is 0 Å². The van der Waals surface area contributed by atoms with Crippen molar-refractivity contribution in [1.29, 1.82) is 5.26 Å². The molecule has 18 heavy (non-hydrogen) atoms. The number of carbonyl (C=O) groups is 1. The van der Waals surface area contributed by atoms with Gasteiger partial charge in [-0.15, -0.1) is 0 Å². The van der Waals surface area contributed by atoms with Crippen LogP contribution < -0.4 is 5.32 Å². The third kappa shape index (κ3) is 5.05. The summed E-state index contributed by atoms with van der Waals surface area (Å²) in [5.41, 5.74) is 0.360. The molecule has 4 heteroatoms. The van der Waals surface area contributed by atoms with Crippen LogP contribution in [0.1, 0.15) is 40.0 Å². The van der Waals surface area contributed by atoms with Gasteiger partial charge < -0.3 is 5.32 Å². The Morgan fingerprint density at radius 3 is 2.72 bits per heavy atom. The summed E-state index contributed by atoms with van der Waals surface area (Å²) in [6.45, 7) is 9.41. The first-order valence-corrected chi connectivity index (χ1v) is 6.79. The number of nitrogens with zero attached hydrogens (tertiary/aromatic N) is 2. The minimum Gasteiger partial charge on any atom is -0.342 e. The lowest BCUT2D eigenvalue weighted by molar-refractivity contribution is -0.122. The molecule has 0 bridgehead atoms. The van der Waals surface area contributed by atoms with Gasteiger partial charge in [0.2, 0.25) is 5.91 Å². The maximum Gasteiger partial charge on any atom is 0.235 e. The van der Waals surface area contributed by atoms with Crippen LogP contribution in [0.5, 0.6) is 0 Å². The van der Waals surface area contributed by atoms with Crippen LogP contribution in [0.4, 0.5) is 0 Å². The highest BCUT2D eigenvalue weighted by molar-refractivity contribution is 5.78. The third-order valence-electron chi connectivity index (χ3n) is 3.78. The summed E-state index contributed by atoms with van der Waals surface area (Å²) >= 11 is 0. The molecule has 0 aromatic heterocycles. The number of hydrogen-bond donors (Lipinski definition) is 1. The first-order valence-electron chi connectivity index (χ1n) is 6.79. The van der Waals surface area contributed by atoms with Crippen LogP contribution in [0.3, 0.4) is 0 Å². The van der Waals surface area contributed by atoms with E-state index in [0.29, 0.717) is 12.0 Å². The Bertz CT molecular complexity index is 314. The summed E-state index contributed by atoms with van der Waals surface area (Å²) in [6, 6.07) is 1.92. The van der Waals surface area contributed by atoms with Crippen LogP contribution in [-0.4, -0.2) is 37.0 Å². The molecule has 0 unspecified atom stereocenters. The minimum absolute atomic E-state index is 0.0363. The van der Waals surface area contributed by atoms with Gasteiger partial charge in [-0.3, -0.25) is 9.69 Å². The zero-order chi connectivity index (χ0) is 13.6. The van der Waals surface area contributed by atoms with Crippen LogP contribution in [-0.2, 0) is 4.79 Å². The van der Waals surface area contributed by atoms with Crippen molar-refractivity contribution in [2.45, 2.75) is 40.0 Å². The highest BCUT2D eigenvalue weighted by Gasteiger charge is 2.27. The van der Waals surface area contributed by atoms with E-state index in [1.807, 2.05) is 6.07 Å². The summed E-state index contributed by atoms with van der Waals surface area (Å²) in [7, 11) is 0. The van der Waals surface area contributed by atoms with Crippen molar-refractivity contribution in [3.63, 3.8) is 0 Å². The molecule has 1 fully saturated rings. The van der Waals surface area contributed by atoms with Gasteiger partial charge in [-0.05, 0) is 43.7 Å². The maximum absolute atomic E-state index is 11.6. The van der Waals surface area contributed by atoms with Gasteiger partial charge in [0.15, 0.2) is 0 Å². The second kappa shape index (κ2) is 6.75. The van der Waals surface area contributed by atoms with E-state index in [9.17, 15) is 4.79 Å². The van der Waals surface area contributed by atoms with Crippen molar-refractivity contribution in [2.24, 2.45) is 11.3 Å². The average molecular weight is 251 g/mol. The van der Waals surface area contributed by atoms with Crippen molar-refractivity contribution in [2.75, 3.05) is 26.2 Å². The summed E-state index contributed by atoms with van der Waals surface area (Å²) < 4.78 is 0. The average Bonchev–Trinajstić information content (AvgIpc) is 2.51. The van der Waals surface area contributed by atoms with E-state index in [1.54, 1.807) is 0 Å². The summed E-state index contributed by atoms with van der Waals surface area (Å²) in [4.78, 5) is 13.8. The number of hydrogen-bond acceptors (Lipinski definition) is 3. The topological polar surface area (TPSA) is 56.1 Å². The Morgan fingerprint density at radius 2 is 2.11 bits per heavy atom. The molecule has 0 aromatic rings. The lowest BCUT2D eigenvalue weighted by atomic mass is 9.77. The quantitative estimate of drug-likeness (QED) is 0.778. The second-order valence-corrected chi connectivity index (χ2v) is 6.20. The number of carbonyl (C=O) groups excluding carboxylic acids is 1. The van der Waals surface area contributed by atoms with Crippen LogP contribution >= 0.6 is 0 Å². The molecule has 1 rings (SSSR count). The molecule has 1 N–H and O–H groups in total. The molecule has 1 amide bonds. The van der Waals surface area contributed by atoms with E-state index in [0.717, 1.165) is 31.8 Å². The van der Waals surface area contributed by atoms with Gasteiger partial charge in [-0.1, -0.05) is 20.8 Å². The zero-order valence-corrected chi connectivity index (χ0v) is 11.8. The van der Waals surface area contributed by atoms with Crippen LogP contribution in [0, 0.1) is 22.7 Å². The molecule has 4 nitrogen and oxygen atoms in total. The maximum atomic E-state index is 11.6.